The fourth-order valence-electron chi connectivity index (χ4n) is 8.30. The van der Waals surface area contributed by atoms with Crippen LogP contribution in [0.5, 0.6) is 0 Å². The van der Waals surface area contributed by atoms with E-state index < -0.39 is 15.2 Å². The molecule has 0 amide bonds. The molecule has 5 nitrogen and oxygen atoms in total. The third-order valence-corrected chi connectivity index (χ3v) is 18.2. The summed E-state index contributed by atoms with van der Waals surface area (Å²) in [6.07, 6.45) is 5.36. The molecule has 1 aliphatic heterocycles. The Morgan fingerprint density at radius 2 is 1.05 bits per heavy atom. The van der Waals surface area contributed by atoms with Crippen molar-refractivity contribution >= 4 is 58.4 Å². The number of hydrogen-bond donors (Lipinski definition) is 1. The van der Waals surface area contributed by atoms with Crippen LogP contribution in [-0.4, -0.2) is 27.5 Å². The van der Waals surface area contributed by atoms with E-state index in [2.05, 4.69) is 233 Å². The van der Waals surface area contributed by atoms with Gasteiger partial charge in [0.1, 0.15) is 0 Å². The predicted molar refractivity (Wildman–Crippen MR) is 241 cm³/mol. The van der Waals surface area contributed by atoms with Crippen molar-refractivity contribution in [3.05, 3.63) is 218 Å². The molecule has 7 heteroatoms. The van der Waals surface area contributed by atoms with Crippen molar-refractivity contribution in [1.82, 2.24) is 15.2 Å². The van der Waals surface area contributed by atoms with Crippen molar-refractivity contribution in [3.63, 3.8) is 0 Å². The van der Waals surface area contributed by atoms with Gasteiger partial charge in [-0.3, -0.25) is 0 Å². The number of rotatable bonds is 11. The Kier molecular flexibility index (Phi) is 10.1. The van der Waals surface area contributed by atoms with Crippen LogP contribution < -0.4 is 41.6 Å². The molecule has 0 aliphatic carbocycles. The van der Waals surface area contributed by atoms with Crippen LogP contribution in [0.15, 0.2) is 213 Å². The van der Waals surface area contributed by atoms with E-state index in [1.54, 1.807) is 0 Å². The number of anilines is 2. The number of nitrogens with one attached hydrogen (secondary N) is 1. The molecule has 0 unspecified atom stereocenters. The second-order valence-electron chi connectivity index (χ2n) is 14.0. The van der Waals surface area contributed by atoms with E-state index in [1.807, 2.05) is 6.92 Å². The zero-order chi connectivity index (χ0) is 37.7. The fraction of sp³-hybridized carbons (Fsp3) is 0.0612. The van der Waals surface area contributed by atoms with Gasteiger partial charge in [-0.25, -0.2) is 0 Å². The quantitative estimate of drug-likeness (QED) is 0.135. The van der Waals surface area contributed by atoms with E-state index in [9.17, 15) is 0 Å². The second kappa shape index (κ2) is 15.9. The Bertz CT molecular complexity index is 2470. The van der Waals surface area contributed by atoms with Crippen molar-refractivity contribution in [2.24, 2.45) is 0 Å². The van der Waals surface area contributed by atoms with E-state index in [0.717, 1.165) is 29.1 Å². The van der Waals surface area contributed by atoms with Gasteiger partial charge in [0.25, 0.3) is 0 Å². The minimum absolute atomic E-state index is 0.0708. The summed E-state index contributed by atoms with van der Waals surface area (Å²) in [6, 6.07) is 73.2. The van der Waals surface area contributed by atoms with Crippen molar-refractivity contribution in [3.8, 4) is 11.4 Å². The van der Waals surface area contributed by atoms with Crippen molar-refractivity contribution in [2.45, 2.75) is 13.1 Å². The van der Waals surface area contributed by atoms with Gasteiger partial charge >= 0.3 is 332 Å². The average Bonchev–Trinajstić information content (AvgIpc) is 3.91. The van der Waals surface area contributed by atoms with Gasteiger partial charge in [-0.15, -0.1) is 0 Å². The Hall–Kier alpha value is -6.12. The number of benzene rings is 7. The molecule has 0 spiro atoms. The van der Waals surface area contributed by atoms with Crippen molar-refractivity contribution in [1.29, 1.82) is 0 Å². The summed E-state index contributed by atoms with van der Waals surface area (Å²) < 4.78 is 0. The number of H-pyrrole nitrogens is 1. The number of aryl methyl sites for hydroxylation is 1. The molecule has 1 aromatic heterocycles. The maximum absolute atomic E-state index is 4.91. The van der Waals surface area contributed by atoms with E-state index in [0.29, 0.717) is 0 Å². The van der Waals surface area contributed by atoms with Crippen molar-refractivity contribution in [2.75, 3.05) is 16.0 Å². The molecule has 0 bridgehead atoms. The second-order valence-corrected chi connectivity index (χ2v) is 20.1. The summed E-state index contributed by atoms with van der Waals surface area (Å²) in [7, 11) is -3.80. The van der Waals surface area contributed by atoms with Gasteiger partial charge in [0.15, 0.2) is 0 Å². The molecule has 56 heavy (non-hydrogen) atoms. The van der Waals surface area contributed by atoms with E-state index >= 15 is 0 Å². The van der Waals surface area contributed by atoms with Crippen LogP contribution in [0.25, 0.3) is 11.4 Å². The molecule has 9 rings (SSSR count). The summed E-state index contributed by atoms with van der Waals surface area (Å²) in [5.41, 5.74) is 3.47. The van der Waals surface area contributed by atoms with Crippen LogP contribution in [-0.2, 0) is 0 Å². The molecule has 2 heterocycles. The van der Waals surface area contributed by atoms with Crippen LogP contribution in [0.2, 0.25) is 0 Å². The number of para-hydroxylation sites is 2. The number of aromatic nitrogens is 3. The van der Waals surface area contributed by atoms with Gasteiger partial charge in [-0.2, -0.15) is 0 Å². The van der Waals surface area contributed by atoms with Gasteiger partial charge in [0, 0.05) is 0 Å². The van der Waals surface area contributed by atoms with Crippen LogP contribution in [0.3, 0.4) is 0 Å². The zero-order valence-corrected chi connectivity index (χ0v) is 33.1. The fourth-order valence-corrected chi connectivity index (χ4v) is 15.9. The molecular weight excluding hydrogens is 721 g/mol. The molecule has 274 valence electrons. The zero-order valence-electron chi connectivity index (χ0n) is 31.2. The first kappa shape index (κ1) is 35.6. The molecule has 1 aliphatic rings. The Morgan fingerprint density at radius 1 is 0.554 bits per heavy atom. The Morgan fingerprint density at radius 3 is 1.64 bits per heavy atom. The average molecular weight is 764 g/mol. The van der Waals surface area contributed by atoms with Gasteiger partial charge in [-0.1, -0.05) is 0 Å². The first-order valence-corrected chi connectivity index (χ1v) is 22.6. The molecule has 0 fully saturated rings. The summed E-state index contributed by atoms with van der Waals surface area (Å²) in [6.45, 7) is 1.94. The van der Waals surface area contributed by atoms with Crippen molar-refractivity contribution < 1.29 is 0 Å². The van der Waals surface area contributed by atoms with Crippen LogP contribution in [0, 0.1) is 6.92 Å². The molecule has 1 N–H and O–H groups in total. The van der Waals surface area contributed by atoms with E-state index in [4.69, 9.17) is 4.98 Å². The Labute approximate surface area is 331 Å². The molecule has 0 radical (unpaired) electrons. The standard InChI is InChI=1S/C49H43N5P2/c1-38-50-49(52-51-38)44-31-17-20-34-47(44)56(42-27-13-5-14-28-42,43-29-15-6-16-30-43)37-48-53(39-21-7-2-8-22-39)35-36-54(48)45-32-18-19-33-46(45)55(40-23-9-3-10-24-40)41-25-11-4-12-26-41/h2-36,48,56H,37H2,1H3,(H,50,51,52)/t48-/m0/s1. The molecule has 0 saturated carbocycles. The molecular formula is C49H43N5P2. The summed E-state index contributed by atoms with van der Waals surface area (Å²) in [4.78, 5) is 9.95. The molecule has 0 saturated heterocycles. The summed E-state index contributed by atoms with van der Waals surface area (Å²) in [5.74, 6) is 1.53. The predicted octanol–water partition coefficient (Wildman–Crippen LogP) is 8.39. The van der Waals surface area contributed by atoms with E-state index in [-0.39, 0.29) is 6.17 Å². The first-order valence-electron chi connectivity index (χ1n) is 19.1. The third-order valence-electron chi connectivity index (χ3n) is 10.8. The van der Waals surface area contributed by atoms with E-state index in [1.165, 1.54) is 37.5 Å². The SMILES string of the molecule is Cc1n[nH]c(-c2ccccc2[PH](C[C@H]2N(c3ccccc3)C=CN2c2ccccc2P(c2ccccc2)c2ccccc2)(c2ccccc2)c2ccccc2)n1. The topological polar surface area (TPSA) is 48.1 Å². The van der Waals surface area contributed by atoms with Gasteiger partial charge in [0.05, 0.1) is 0 Å². The number of hydrogen-bond acceptors (Lipinski definition) is 4. The third kappa shape index (κ3) is 6.75. The minimum atomic E-state index is -2.93. The van der Waals surface area contributed by atoms with Crippen LogP contribution >= 0.6 is 15.2 Å². The molecule has 1 atom stereocenters. The summed E-state index contributed by atoms with van der Waals surface area (Å²) in [5, 5.41) is 15.8. The van der Waals surface area contributed by atoms with Gasteiger partial charge in [-0.05, 0) is 0 Å². The normalized spacial score (nSPS) is 14.4. The first-order chi connectivity index (χ1) is 27.7. The molecule has 8 aromatic rings. The Balaban J connectivity index is 1.29. The number of nitrogens with zero attached hydrogens (tertiary/aromatic N) is 4. The van der Waals surface area contributed by atoms with Crippen LogP contribution in [0.4, 0.5) is 11.4 Å². The number of aromatic amines is 1. The van der Waals surface area contributed by atoms with Gasteiger partial charge in [0.2, 0.25) is 0 Å². The molecule has 7 aromatic carbocycles. The summed E-state index contributed by atoms with van der Waals surface area (Å²) >= 11 is 0. The van der Waals surface area contributed by atoms with Crippen LogP contribution in [0.1, 0.15) is 5.82 Å². The maximum atomic E-state index is 4.91. The van der Waals surface area contributed by atoms with Gasteiger partial charge < -0.3 is 0 Å². The monoisotopic (exact) mass is 763 g/mol.